The van der Waals surface area contributed by atoms with Crippen LogP contribution in [0.2, 0.25) is 0 Å². The molecule has 0 aliphatic carbocycles. The molecule has 0 bridgehead atoms. The van der Waals surface area contributed by atoms with Crippen molar-refractivity contribution < 1.29 is 18.3 Å². The van der Waals surface area contributed by atoms with Crippen molar-refractivity contribution in [2.24, 2.45) is 0 Å². The molecular weight excluding hydrogens is 346 g/mol. The summed E-state index contributed by atoms with van der Waals surface area (Å²) >= 11 is 3.30. The zero-order chi connectivity index (χ0) is 15.0. The number of nitrogens with one attached hydrogen (secondary N) is 1. The Morgan fingerprint density at radius 3 is 2.35 bits per heavy atom. The molecule has 0 amide bonds. The fourth-order valence-electron chi connectivity index (χ4n) is 1.63. The third-order valence-electron chi connectivity index (χ3n) is 2.75. The standard InChI is InChI=1S/C13H18BrNO4S/c14-10-11-5-7-12(8-6-11)20(18,19)15-9-3-1-2-4-13(16)17/h5-8,15H,1-4,9-10H2,(H,16,17). The number of hydrogen-bond acceptors (Lipinski definition) is 3. The van der Waals surface area contributed by atoms with Gasteiger partial charge in [-0.05, 0) is 30.5 Å². The van der Waals surface area contributed by atoms with Gasteiger partial charge in [0.05, 0.1) is 4.90 Å². The minimum Gasteiger partial charge on any atom is -0.481 e. The first kappa shape index (κ1) is 17.1. The Kier molecular flexibility index (Phi) is 7.18. The lowest BCUT2D eigenvalue weighted by Crippen LogP contribution is -2.24. The van der Waals surface area contributed by atoms with Crippen LogP contribution >= 0.6 is 15.9 Å². The topological polar surface area (TPSA) is 83.5 Å². The molecule has 0 radical (unpaired) electrons. The van der Waals surface area contributed by atoms with Crippen molar-refractivity contribution in [3.63, 3.8) is 0 Å². The van der Waals surface area contributed by atoms with Crippen LogP contribution in [-0.2, 0) is 20.1 Å². The summed E-state index contributed by atoms with van der Waals surface area (Å²) in [5, 5.41) is 9.16. The lowest BCUT2D eigenvalue weighted by Gasteiger charge is -2.07. The van der Waals surface area contributed by atoms with E-state index in [0.29, 0.717) is 31.1 Å². The molecule has 2 N–H and O–H groups in total. The number of halogens is 1. The maximum absolute atomic E-state index is 12.0. The van der Waals surface area contributed by atoms with Gasteiger partial charge in [0.1, 0.15) is 0 Å². The number of benzene rings is 1. The van der Waals surface area contributed by atoms with Crippen LogP contribution in [-0.4, -0.2) is 26.0 Å². The molecule has 1 aromatic rings. The summed E-state index contributed by atoms with van der Waals surface area (Å²) in [6.45, 7) is 0.322. The summed E-state index contributed by atoms with van der Waals surface area (Å²) in [6.07, 6.45) is 2.01. The van der Waals surface area contributed by atoms with Crippen molar-refractivity contribution in [2.45, 2.75) is 35.9 Å². The Labute approximate surface area is 127 Å². The monoisotopic (exact) mass is 363 g/mol. The number of carboxylic acids is 1. The number of alkyl halides is 1. The number of sulfonamides is 1. The summed E-state index contributed by atoms with van der Waals surface area (Å²) < 4.78 is 26.4. The molecule has 7 heteroatoms. The normalized spacial score (nSPS) is 11.4. The molecule has 0 aliphatic rings. The van der Waals surface area contributed by atoms with Crippen molar-refractivity contribution in [1.29, 1.82) is 0 Å². The molecule has 5 nitrogen and oxygen atoms in total. The van der Waals surface area contributed by atoms with Crippen molar-refractivity contribution in [2.75, 3.05) is 6.54 Å². The molecule has 0 saturated carbocycles. The summed E-state index contributed by atoms with van der Waals surface area (Å²) in [6, 6.07) is 6.67. The number of carboxylic acid groups (broad SMARTS) is 1. The highest BCUT2D eigenvalue weighted by Crippen LogP contribution is 2.12. The van der Waals surface area contributed by atoms with E-state index in [1.807, 2.05) is 0 Å². The first-order valence-corrected chi connectivity index (χ1v) is 8.92. The fraction of sp³-hybridized carbons (Fsp3) is 0.462. The number of aliphatic carboxylic acids is 1. The predicted molar refractivity (Wildman–Crippen MR) is 80.4 cm³/mol. The Morgan fingerprint density at radius 2 is 1.80 bits per heavy atom. The smallest absolute Gasteiger partial charge is 0.303 e. The molecule has 0 spiro atoms. The largest absolute Gasteiger partial charge is 0.481 e. The second-order valence-electron chi connectivity index (χ2n) is 4.38. The average Bonchev–Trinajstić information content (AvgIpc) is 2.42. The maximum Gasteiger partial charge on any atom is 0.303 e. The Hall–Kier alpha value is -0.920. The quantitative estimate of drug-likeness (QED) is 0.521. The van der Waals surface area contributed by atoms with Gasteiger partial charge in [0.15, 0.2) is 0 Å². The molecule has 0 aliphatic heterocycles. The zero-order valence-corrected chi connectivity index (χ0v) is 13.4. The molecule has 0 fully saturated rings. The van der Waals surface area contributed by atoms with Crippen LogP contribution < -0.4 is 4.72 Å². The van der Waals surface area contributed by atoms with Gasteiger partial charge in [-0.15, -0.1) is 0 Å². The molecule has 0 atom stereocenters. The van der Waals surface area contributed by atoms with Gasteiger partial charge >= 0.3 is 5.97 Å². The van der Waals surface area contributed by atoms with Crippen LogP contribution in [0.4, 0.5) is 0 Å². The minimum absolute atomic E-state index is 0.126. The second-order valence-corrected chi connectivity index (χ2v) is 6.71. The Balaban J connectivity index is 2.39. The lowest BCUT2D eigenvalue weighted by atomic mass is 10.2. The van der Waals surface area contributed by atoms with E-state index < -0.39 is 16.0 Å². The molecule has 0 unspecified atom stereocenters. The van der Waals surface area contributed by atoms with Gasteiger partial charge in [0.2, 0.25) is 10.0 Å². The first-order chi connectivity index (χ1) is 9.45. The van der Waals surface area contributed by atoms with Crippen LogP contribution in [0.25, 0.3) is 0 Å². The van der Waals surface area contributed by atoms with Crippen LogP contribution in [0.3, 0.4) is 0 Å². The first-order valence-electron chi connectivity index (χ1n) is 6.32. The molecule has 0 saturated heterocycles. The number of carbonyl (C=O) groups is 1. The third kappa shape index (κ3) is 6.02. The van der Waals surface area contributed by atoms with Crippen LogP contribution in [0.1, 0.15) is 31.2 Å². The van der Waals surface area contributed by atoms with Gasteiger partial charge in [-0.1, -0.05) is 34.5 Å². The average molecular weight is 364 g/mol. The third-order valence-corrected chi connectivity index (χ3v) is 4.87. The van der Waals surface area contributed by atoms with E-state index in [4.69, 9.17) is 5.11 Å². The van der Waals surface area contributed by atoms with Crippen molar-refractivity contribution in [1.82, 2.24) is 4.72 Å². The van der Waals surface area contributed by atoms with Crippen LogP contribution in [0.5, 0.6) is 0 Å². The molecule has 20 heavy (non-hydrogen) atoms. The zero-order valence-electron chi connectivity index (χ0n) is 11.0. The number of hydrogen-bond donors (Lipinski definition) is 2. The highest BCUT2D eigenvalue weighted by molar-refractivity contribution is 9.08. The molecule has 1 rings (SSSR count). The molecular formula is C13H18BrNO4S. The summed E-state index contributed by atoms with van der Waals surface area (Å²) in [4.78, 5) is 10.6. The lowest BCUT2D eigenvalue weighted by molar-refractivity contribution is -0.137. The van der Waals surface area contributed by atoms with Crippen LogP contribution in [0.15, 0.2) is 29.2 Å². The fourth-order valence-corrected chi connectivity index (χ4v) is 3.07. The number of rotatable bonds is 9. The van der Waals surface area contributed by atoms with Gasteiger partial charge in [-0.3, -0.25) is 4.79 Å². The molecule has 0 aromatic heterocycles. The molecule has 1 aromatic carbocycles. The van der Waals surface area contributed by atoms with Gasteiger partial charge in [0.25, 0.3) is 0 Å². The minimum atomic E-state index is -3.47. The van der Waals surface area contributed by atoms with E-state index in [1.165, 1.54) is 0 Å². The van der Waals surface area contributed by atoms with Crippen molar-refractivity contribution in [3.05, 3.63) is 29.8 Å². The molecule has 0 heterocycles. The van der Waals surface area contributed by atoms with Gasteiger partial charge in [0, 0.05) is 18.3 Å². The second kappa shape index (κ2) is 8.39. The highest BCUT2D eigenvalue weighted by atomic mass is 79.9. The predicted octanol–water partition coefficient (Wildman–Crippen LogP) is 2.50. The van der Waals surface area contributed by atoms with Crippen molar-refractivity contribution >= 4 is 31.9 Å². The van der Waals surface area contributed by atoms with E-state index in [-0.39, 0.29) is 11.3 Å². The Morgan fingerprint density at radius 1 is 1.15 bits per heavy atom. The van der Waals surface area contributed by atoms with E-state index >= 15 is 0 Å². The Bertz CT molecular complexity index is 528. The SMILES string of the molecule is O=C(O)CCCCCNS(=O)(=O)c1ccc(CBr)cc1. The van der Waals surface area contributed by atoms with Gasteiger partial charge in [-0.2, -0.15) is 0 Å². The molecule has 112 valence electrons. The summed E-state index contributed by atoms with van der Waals surface area (Å²) in [5.74, 6) is -0.822. The van der Waals surface area contributed by atoms with Crippen LogP contribution in [0, 0.1) is 0 Å². The van der Waals surface area contributed by atoms with Crippen molar-refractivity contribution in [3.8, 4) is 0 Å². The van der Waals surface area contributed by atoms with E-state index in [9.17, 15) is 13.2 Å². The van der Waals surface area contributed by atoms with E-state index in [2.05, 4.69) is 20.7 Å². The van der Waals surface area contributed by atoms with Gasteiger partial charge in [-0.25, -0.2) is 13.1 Å². The van der Waals surface area contributed by atoms with E-state index in [1.54, 1.807) is 24.3 Å². The summed E-state index contributed by atoms with van der Waals surface area (Å²) in [7, 11) is -3.47. The summed E-state index contributed by atoms with van der Waals surface area (Å²) in [5.41, 5.74) is 1.01. The maximum atomic E-state index is 12.0. The van der Waals surface area contributed by atoms with Gasteiger partial charge < -0.3 is 5.11 Å². The number of unbranched alkanes of at least 4 members (excludes halogenated alkanes) is 2. The highest BCUT2D eigenvalue weighted by Gasteiger charge is 2.12. The van der Waals surface area contributed by atoms with E-state index in [0.717, 1.165) is 5.56 Å².